The summed E-state index contributed by atoms with van der Waals surface area (Å²) in [6.07, 6.45) is 0.356. The molecule has 2 aromatic carbocycles. The van der Waals surface area contributed by atoms with Crippen molar-refractivity contribution in [2.24, 2.45) is 4.99 Å². The number of hydrogen-bond acceptors (Lipinski definition) is 2. The maximum atomic E-state index is 11.9. The summed E-state index contributed by atoms with van der Waals surface area (Å²) in [5, 5.41) is 10.4. The van der Waals surface area contributed by atoms with Crippen molar-refractivity contribution in [3.05, 3.63) is 69.7 Å². The summed E-state index contributed by atoms with van der Waals surface area (Å²) in [7, 11) is 1.67. The highest BCUT2D eigenvalue weighted by atomic mass is 35.5. The highest BCUT2D eigenvalue weighted by Crippen LogP contribution is 2.20. The van der Waals surface area contributed by atoms with E-state index in [1.165, 1.54) is 0 Å². The van der Waals surface area contributed by atoms with Crippen LogP contribution in [0.2, 0.25) is 10.0 Å². The van der Waals surface area contributed by atoms with E-state index in [4.69, 9.17) is 23.2 Å². The van der Waals surface area contributed by atoms with Crippen LogP contribution in [0.5, 0.6) is 0 Å². The Labute approximate surface area is 163 Å². The van der Waals surface area contributed by atoms with E-state index in [0.29, 0.717) is 42.1 Å². The van der Waals surface area contributed by atoms with Crippen molar-refractivity contribution >= 4 is 35.1 Å². The SMILES string of the molecule is CN=C(NCCC(=O)NCc1ccccc1)NCc1ccc(Cl)cc1Cl. The smallest absolute Gasteiger partial charge is 0.222 e. The number of hydrogen-bond donors (Lipinski definition) is 3. The molecule has 7 heteroatoms. The Morgan fingerprint density at radius 1 is 1.00 bits per heavy atom. The van der Waals surface area contributed by atoms with Crippen molar-refractivity contribution in [3.63, 3.8) is 0 Å². The largest absolute Gasteiger partial charge is 0.356 e. The van der Waals surface area contributed by atoms with Crippen LogP contribution in [0.3, 0.4) is 0 Å². The number of aliphatic imine (C=N–C) groups is 1. The van der Waals surface area contributed by atoms with Gasteiger partial charge in [0.05, 0.1) is 0 Å². The monoisotopic (exact) mass is 392 g/mol. The lowest BCUT2D eigenvalue weighted by atomic mass is 10.2. The van der Waals surface area contributed by atoms with Gasteiger partial charge in [0.2, 0.25) is 5.91 Å². The quantitative estimate of drug-likeness (QED) is 0.499. The van der Waals surface area contributed by atoms with Crippen LogP contribution < -0.4 is 16.0 Å². The molecule has 0 radical (unpaired) electrons. The third-order valence-electron chi connectivity index (χ3n) is 3.66. The summed E-state index contributed by atoms with van der Waals surface area (Å²) < 4.78 is 0. The van der Waals surface area contributed by atoms with Crippen LogP contribution in [0.25, 0.3) is 0 Å². The van der Waals surface area contributed by atoms with Crippen LogP contribution in [0.1, 0.15) is 17.5 Å². The van der Waals surface area contributed by atoms with Gasteiger partial charge in [-0.05, 0) is 23.3 Å². The molecule has 0 saturated carbocycles. The normalized spacial score (nSPS) is 11.1. The number of amides is 1. The predicted molar refractivity (Wildman–Crippen MR) is 108 cm³/mol. The summed E-state index contributed by atoms with van der Waals surface area (Å²) in [6, 6.07) is 15.2. The maximum Gasteiger partial charge on any atom is 0.222 e. The fourth-order valence-electron chi connectivity index (χ4n) is 2.24. The van der Waals surface area contributed by atoms with Gasteiger partial charge in [-0.1, -0.05) is 59.6 Å². The topological polar surface area (TPSA) is 65.5 Å². The van der Waals surface area contributed by atoms with Gasteiger partial charge in [0.15, 0.2) is 5.96 Å². The average Bonchev–Trinajstić information content (AvgIpc) is 2.65. The molecule has 0 saturated heterocycles. The molecule has 0 aliphatic heterocycles. The van der Waals surface area contributed by atoms with E-state index in [1.807, 2.05) is 36.4 Å². The van der Waals surface area contributed by atoms with Gasteiger partial charge >= 0.3 is 0 Å². The van der Waals surface area contributed by atoms with Gasteiger partial charge in [0, 0.05) is 43.1 Å². The molecule has 0 aromatic heterocycles. The zero-order valence-electron chi connectivity index (χ0n) is 14.6. The van der Waals surface area contributed by atoms with Gasteiger partial charge in [-0.25, -0.2) is 0 Å². The molecule has 0 aliphatic rings. The number of guanidine groups is 1. The van der Waals surface area contributed by atoms with Crippen molar-refractivity contribution < 1.29 is 4.79 Å². The zero-order valence-corrected chi connectivity index (χ0v) is 16.1. The Kier molecular flexibility index (Phi) is 8.25. The first-order valence-corrected chi connectivity index (χ1v) is 9.03. The van der Waals surface area contributed by atoms with Crippen LogP contribution in [-0.4, -0.2) is 25.5 Å². The molecule has 5 nitrogen and oxygen atoms in total. The van der Waals surface area contributed by atoms with Crippen molar-refractivity contribution in [1.82, 2.24) is 16.0 Å². The average molecular weight is 393 g/mol. The van der Waals surface area contributed by atoms with Crippen molar-refractivity contribution in [2.45, 2.75) is 19.5 Å². The third kappa shape index (κ3) is 6.94. The lowest BCUT2D eigenvalue weighted by Crippen LogP contribution is -2.38. The van der Waals surface area contributed by atoms with Gasteiger partial charge in [-0.2, -0.15) is 0 Å². The van der Waals surface area contributed by atoms with Crippen molar-refractivity contribution in [2.75, 3.05) is 13.6 Å². The summed E-state index contributed by atoms with van der Waals surface area (Å²) in [6.45, 7) is 1.52. The number of nitrogens with one attached hydrogen (secondary N) is 3. The fraction of sp³-hybridized carbons (Fsp3) is 0.263. The van der Waals surface area contributed by atoms with Crippen molar-refractivity contribution in [3.8, 4) is 0 Å². The molecule has 3 N–H and O–H groups in total. The van der Waals surface area contributed by atoms with Gasteiger partial charge in [0.1, 0.15) is 0 Å². The van der Waals surface area contributed by atoms with E-state index in [2.05, 4.69) is 20.9 Å². The number of carbonyl (C=O) groups is 1. The molecule has 0 fully saturated rings. The van der Waals surface area contributed by atoms with E-state index in [1.54, 1.807) is 19.2 Å². The zero-order chi connectivity index (χ0) is 18.8. The van der Waals surface area contributed by atoms with E-state index in [-0.39, 0.29) is 5.91 Å². The minimum Gasteiger partial charge on any atom is -0.356 e. The molecule has 26 heavy (non-hydrogen) atoms. The molecule has 0 heterocycles. The van der Waals surface area contributed by atoms with E-state index < -0.39 is 0 Å². The first-order valence-electron chi connectivity index (χ1n) is 8.27. The second-order valence-electron chi connectivity index (χ2n) is 5.60. The Morgan fingerprint density at radius 2 is 1.77 bits per heavy atom. The Balaban J connectivity index is 1.69. The molecule has 138 valence electrons. The van der Waals surface area contributed by atoms with Crippen molar-refractivity contribution in [1.29, 1.82) is 0 Å². The van der Waals surface area contributed by atoms with Gasteiger partial charge in [0.25, 0.3) is 0 Å². The van der Waals surface area contributed by atoms with Crippen LogP contribution in [0, 0.1) is 0 Å². The minimum atomic E-state index is -0.0162. The number of rotatable bonds is 7. The predicted octanol–water partition coefficient (Wildman–Crippen LogP) is 3.36. The maximum absolute atomic E-state index is 11.9. The van der Waals surface area contributed by atoms with E-state index >= 15 is 0 Å². The lowest BCUT2D eigenvalue weighted by Gasteiger charge is -2.13. The summed E-state index contributed by atoms with van der Waals surface area (Å²) >= 11 is 12.0. The molecule has 1 amide bonds. The lowest BCUT2D eigenvalue weighted by molar-refractivity contribution is -0.121. The number of benzene rings is 2. The standard InChI is InChI=1S/C19H22Cl2N4O/c1-22-19(25-13-15-7-8-16(20)11-17(15)21)23-10-9-18(26)24-12-14-5-3-2-4-6-14/h2-8,11H,9-10,12-13H2,1H3,(H,24,26)(H2,22,23,25). The van der Waals surface area contributed by atoms with Gasteiger partial charge < -0.3 is 16.0 Å². The van der Waals surface area contributed by atoms with Crippen LogP contribution >= 0.6 is 23.2 Å². The van der Waals surface area contributed by atoms with Gasteiger partial charge in [-0.15, -0.1) is 0 Å². The third-order valence-corrected chi connectivity index (χ3v) is 4.25. The summed E-state index contributed by atoms with van der Waals surface area (Å²) in [5.74, 6) is 0.587. The number of carbonyl (C=O) groups excluding carboxylic acids is 1. The molecule has 2 aromatic rings. The molecule has 0 atom stereocenters. The van der Waals surface area contributed by atoms with E-state index in [0.717, 1.165) is 11.1 Å². The summed E-state index contributed by atoms with van der Waals surface area (Å²) in [5.41, 5.74) is 1.99. The molecule has 0 spiro atoms. The van der Waals surface area contributed by atoms with Crippen LogP contribution in [0.15, 0.2) is 53.5 Å². The Hall–Kier alpha value is -2.24. The molecule has 0 aliphatic carbocycles. The van der Waals surface area contributed by atoms with E-state index in [9.17, 15) is 4.79 Å². The molecule has 2 rings (SSSR count). The molecular formula is C19H22Cl2N4O. The van der Waals surface area contributed by atoms with Gasteiger partial charge in [-0.3, -0.25) is 9.79 Å². The Bertz CT molecular complexity index is 750. The first kappa shape index (κ1) is 20.1. The summed E-state index contributed by atoms with van der Waals surface area (Å²) in [4.78, 5) is 16.0. The van der Waals surface area contributed by atoms with Crippen LogP contribution in [0.4, 0.5) is 0 Å². The molecule has 0 unspecified atom stereocenters. The first-order chi connectivity index (χ1) is 12.6. The molecule has 0 bridgehead atoms. The second kappa shape index (κ2) is 10.7. The number of nitrogens with zero attached hydrogens (tertiary/aromatic N) is 1. The fourth-order valence-corrected chi connectivity index (χ4v) is 2.72. The Morgan fingerprint density at radius 3 is 2.46 bits per heavy atom. The van der Waals surface area contributed by atoms with Crippen LogP contribution in [-0.2, 0) is 17.9 Å². The highest BCUT2D eigenvalue weighted by Gasteiger charge is 2.05. The highest BCUT2D eigenvalue weighted by molar-refractivity contribution is 6.35. The second-order valence-corrected chi connectivity index (χ2v) is 6.44. The minimum absolute atomic E-state index is 0.0162. The number of halogens is 2. The molecular weight excluding hydrogens is 371 g/mol.